The van der Waals surface area contributed by atoms with E-state index in [0.29, 0.717) is 17.8 Å². The molecule has 2 aromatic rings. The molecule has 0 spiro atoms. The second-order valence-corrected chi connectivity index (χ2v) is 8.43. The van der Waals surface area contributed by atoms with Crippen molar-refractivity contribution in [3.8, 4) is 0 Å². The van der Waals surface area contributed by atoms with Crippen LogP contribution in [0.1, 0.15) is 51.5 Å². The van der Waals surface area contributed by atoms with Crippen molar-refractivity contribution in [3.05, 3.63) is 24.0 Å². The minimum Gasteiger partial charge on any atom is -0.450 e. The molecule has 2 bridgehead atoms. The lowest BCUT2D eigenvalue weighted by Gasteiger charge is -2.46. The van der Waals surface area contributed by atoms with Crippen molar-refractivity contribution in [3.63, 3.8) is 0 Å². The first-order chi connectivity index (χ1) is 13.0. The lowest BCUT2D eigenvalue weighted by atomic mass is 9.61. The number of aromatic nitrogens is 2. The summed E-state index contributed by atoms with van der Waals surface area (Å²) in [5, 5.41) is 21.2. The molecule has 4 rings (SSSR count). The van der Waals surface area contributed by atoms with Gasteiger partial charge >= 0.3 is 7.48 Å². The maximum atomic E-state index is 10.5. The first kappa shape index (κ1) is 20.3. The predicted molar refractivity (Wildman–Crippen MR) is 109 cm³/mol. The van der Waals surface area contributed by atoms with E-state index in [4.69, 9.17) is 5.84 Å². The van der Waals surface area contributed by atoms with Crippen molar-refractivity contribution in [2.75, 3.05) is 6.54 Å². The van der Waals surface area contributed by atoms with Gasteiger partial charge in [0, 0.05) is 24.3 Å². The molecule has 4 atom stereocenters. The number of hydrogen-bond donors (Lipinski definition) is 5. The summed E-state index contributed by atoms with van der Waals surface area (Å²) in [5.41, 5.74) is 4.82. The van der Waals surface area contributed by atoms with Crippen molar-refractivity contribution < 1.29 is 10.1 Å². The maximum Gasteiger partial charge on any atom is 0.328 e. The number of nitrogens with zero attached hydrogens (tertiary/aromatic N) is 1. The monoisotopic (exact) mass is 371 g/mol. The number of pyridine rings is 1. The van der Waals surface area contributed by atoms with Crippen molar-refractivity contribution in [1.82, 2.24) is 15.4 Å². The third-order valence-corrected chi connectivity index (χ3v) is 6.22. The Morgan fingerprint density at radius 1 is 1.41 bits per heavy atom. The van der Waals surface area contributed by atoms with Gasteiger partial charge in [-0.15, -0.1) is 0 Å². The molecule has 2 aliphatic carbocycles. The van der Waals surface area contributed by atoms with Crippen molar-refractivity contribution >= 4 is 24.0 Å². The van der Waals surface area contributed by atoms with E-state index in [-0.39, 0.29) is 0 Å². The van der Waals surface area contributed by atoms with Crippen LogP contribution in [0.25, 0.3) is 11.0 Å². The highest BCUT2D eigenvalue weighted by Crippen LogP contribution is 2.48. The van der Waals surface area contributed by atoms with Gasteiger partial charge in [0.1, 0.15) is 5.65 Å². The van der Waals surface area contributed by atoms with Gasteiger partial charge in [-0.2, -0.15) is 0 Å². The van der Waals surface area contributed by atoms with Gasteiger partial charge in [-0.1, -0.05) is 13.3 Å². The standard InChI is InChI=1S/C18H24BN2O2.C2H8N2/c1-18(22)8-11-2-3-12(13(6-11)9-18)7-15-14-4-5-20-17(14)21-10-16(15)19-23;1-2-4-3/h4-5,10-13,22-23H,2-3,6-9H2,1H3,(H,20,21);4H,2-3H2,1H3. The average molecular weight is 371 g/mol. The molecule has 4 unspecified atom stereocenters. The third-order valence-electron chi connectivity index (χ3n) is 6.22. The molecule has 0 aliphatic heterocycles. The smallest absolute Gasteiger partial charge is 0.328 e. The van der Waals surface area contributed by atoms with E-state index < -0.39 is 5.60 Å². The van der Waals surface area contributed by atoms with E-state index in [2.05, 4.69) is 15.4 Å². The number of nitrogens with two attached hydrogens (primary N) is 1. The van der Waals surface area contributed by atoms with Crippen LogP contribution in [0.5, 0.6) is 0 Å². The summed E-state index contributed by atoms with van der Waals surface area (Å²) >= 11 is 0. The number of hydrogen-bond acceptors (Lipinski definition) is 5. The highest BCUT2D eigenvalue weighted by atomic mass is 16.3. The van der Waals surface area contributed by atoms with Crippen LogP contribution in [-0.4, -0.2) is 39.7 Å². The zero-order valence-corrected chi connectivity index (χ0v) is 16.4. The molecule has 6 nitrogen and oxygen atoms in total. The molecule has 2 aromatic heterocycles. The summed E-state index contributed by atoms with van der Waals surface area (Å²) in [6, 6.07) is 2.05. The summed E-state index contributed by atoms with van der Waals surface area (Å²) < 4.78 is 0. The van der Waals surface area contributed by atoms with E-state index in [1.807, 2.05) is 26.1 Å². The third kappa shape index (κ3) is 4.72. The molecule has 7 heteroatoms. The van der Waals surface area contributed by atoms with Crippen LogP contribution in [-0.2, 0) is 6.42 Å². The van der Waals surface area contributed by atoms with E-state index >= 15 is 0 Å². The molecule has 1 radical (unpaired) electrons. The number of rotatable bonds is 4. The average Bonchev–Trinajstić information content (AvgIpc) is 3.12. The van der Waals surface area contributed by atoms with E-state index in [9.17, 15) is 10.1 Å². The van der Waals surface area contributed by atoms with Crippen LogP contribution in [0, 0.1) is 17.8 Å². The largest absolute Gasteiger partial charge is 0.450 e. The van der Waals surface area contributed by atoms with Gasteiger partial charge in [0.15, 0.2) is 0 Å². The Hall–Kier alpha value is -1.41. The molecule has 2 saturated carbocycles. The second kappa shape index (κ2) is 8.73. The van der Waals surface area contributed by atoms with Crippen LogP contribution >= 0.6 is 0 Å². The van der Waals surface area contributed by atoms with Gasteiger partial charge in [-0.25, -0.2) is 4.98 Å². The van der Waals surface area contributed by atoms with E-state index in [0.717, 1.165) is 42.3 Å². The lowest BCUT2D eigenvalue weighted by Crippen LogP contribution is -2.42. The van der Waals surface area contributed by atoms with Crippen molar-refractivity contribution in [2.45, 2.75) is 58.0 Å². The molecule has 2 fully saturated rings. The number of H-pyrrole nitrogens is 1. The highest BCUT2D eigenvalue weighted by Gasteiger charge is 2.42. The topological polar surface area (TPSA) is 107 Å². The molecule has 0 saturated heterocycles. The highest BCUT2D eigenvalue weighted by molar-refractivity contribution is 6.46. The fraction of sp³-hybridized carbons (Fsp3) is 0.650. The quantitative estimate of drug-likeness (QED) is 0.317. The molecule has 0 amide bonds. The van der Waals surface area contributed by atoms with E-state index in [1.165, 1.54) is 32.3 Å². The number of nitrogens with one attached hydrogen (secondary N) is 2. The normalized spacial score (nSPS) is 29.9. The van der Waals surface area contributed by atoms with Crippen molar-refractivity contribution in [1.29, 1.82) is 0 Å². The van der Waals surface area contributed by atoms with Gasteiger partial charge < -0.3 is 15.1 Å². The molecule has 2 aliphatic rings. The Morgan fingerprint density at radius 3 is 2.89 bits per heavy atom. The fourth-order valence-electron chi connectivity index (χ4n) is 5.08. The summed E-state index contributed by atoms with van der Waals surface area (Å²) in [7, 11) is 1.18. The molecule has 27 heavy (non-hydrogen) atoms. The maximum absolute atomic E-state index is 10.5. The van der Waals surface area contributed by atoms with Crippen LogP contribution in [0.3, 0.4) is 0 Å². The Labute approximate surface area is 162 Å². The molecular formula is C20H32BN4O2. The molecular weight excluding hydrogens is 339 g/mol. The Morgan fingerprint density at radius 2 is 2.19 bits per heavy atom. The van der Waals surface area contributed by atoms with Gasteiger partial charge in [0.25, 0.3) is 0 Å². The zero-order chi connectivity index (χ0) is 19.4. The summed E-state index contributed by atoms with van der Waals surface area (Å²) in [6.45, 7) is 4.79. The lowest BCUT2D eigenvalue weighted by molar-refractivity contribution is -0.0540. The molecule has 147 valence electrons. The number of aromatic amines is 1. The Bertz CT molecular complexity index is 747. The summed E-state index contributed by atoms with van der Waals surface area (Å²) in [5.74, 6) is 6.64. The second-order valence-electron chi connectivity index (χ2n) is 8.43. The number of fused-ring (bicyclic) bond motifs is 3. The molecule has 2 heterocycles. The van der Waals surface area contributed by atoms with E-state index in [1.54, 1.807) is 6.20 Å². The number of hydrazine groups is 1. The Balaban J connectivity index is 0.000000481. The molecule has 0 aromatic carbocycles. The zero-order valence-electron chi connectivity index (χ0n) is 16.4. The summed E-state index contributed by atoms with van der Waals surface area (Å²) in [4.78, 5) is 7.52. The number of aliphatic hydroxyl groups is 1. The molecule has 6 N–H and O–H groups in total. The van der Waals surface area contributed by atoms with Crippen LogP contribution in [0.2, 0.25) is 0 Å². The predicted octanol–water partition coefficient (Wildman–Crippen LogP) is 1.39. The van der Waals surface area contributed by atoms with Crippen molar-refractivity contribution in [2.24, 2.45) is 23.6 Å². The van der Waals surface area contributed by atoms with Gasteiger partial charge in [0.2, 0.25) is 0 Å². The first-order valence-corrected chi connectivity index (χ1v) is 10.1. The van der Waals surface area contributed by atoms with Crippen LogP contribution < -0.4 is 16.7 Å². The fourth-order valence-corrected chi connectivity index (χ4v) is 5.08. The van der Waals surface area contributed by atoms with Crippen LogP contribution in [0.15, 0.2) is 18.5 Å². The Kier molecular flexibility index (Phi) is 6.58. The summed E-state index contributed by atoms with van der Waals surface area (Å²) in [6.07, 6.45) is 10.2. The first-order valence-electron chi connectivity index (χ1n) is 10.1. The van der Waals surface area contributed by atoms with Gasteiger partial charge in [-0.05, 0) is 73.9 Å². The van der Waals surface area contributed by atoms with Gasteiger partial charge in [-0.3, -0.25) is 11.3 Å². The van der Waals surface area contributed by atoms with Gasteiger partial charge in [0.05, 0.1) is 5.60 Å². The SMILES string of the molecule is CC1(O)CC2CCC(Cc3c([B]O)cnc4[nH]ccc34)C(C2)C1.CCNN. The minimum absolute atomic E-state index is 0.500. The minimum atomic E-state index is -0.500. The van der Waals surface area contributed by atoms with Crippen LogP contribution in [0.4, 0.5) is 0 Å².